The van der Waals surface area contributed by atoms with Gasteiger partial charge in [-0.3, -0.25) is 10.3 Å². The summed E-state index contributed by atoms with van der Waals surface area (Å²) in [6, 6.07) is 16.8. The van der Waals surface area contributed by atoms with Crippen LogP contribution in [0, 0.1) is 5.41 Å². The highest BCUT2D eigenvalue weighted by Gasteiger charge is 2.36. The highest BCUT2D eigenvalue weighted by atomic mass is 15.2. The van der Waals surface area contributed by atoms with Gasteiger partial charge in [-0.25, -0.2) is 0 Å². The summed E-state index contributed by atoms with van der Waals surface area (Å²) in [4.78, 5) is 2.04. The van der Waals surface area contributed by atoms with Crippen LogP contribution in [0.15, 0.2) is 60.7 Å². The largest absolute Gasteiger partial charge is 0.295 e. The first-order valence-electron chi connectivity index (χ1n) is 7.27. The summed E-state index contributed by atoms with van der Waals surface area (Å²) in [6.07, 6.45) is 3.75. The Morgan fingerprint density at radius 3 is 1.90 bits per heavy atom. The molecule has 2 heteroatoms. The van der Waals surface area contributed by atoms with Crippen LogP contribution in [0.4, 0.5) is 11.4 Å². The minimum absolute atomic E-state index is 0.0557. The molecule has 0 saturated carbocycles. The molecule has 2 aromatic rings. The molecule has 0 atom stereocenters. The maximum absolute atomic E-state index is 8.41. The van der Waals surface area contributed by atoms with E-state index in [-0.39, 0.29) is 5.41 Å². The second-order valence-corrected chi connectivity index (χ2v) is 5.88. The van der Waals surface area contributed by atoms with Crippen molar-refractivity contribution in [3.63, 3.8) is 0 Å². The Morgan fingerprint density at radius 1 is 0.952 bits per heavy atom. The van der Waals surface area contributed by atoms with Crippen molar-refractivity contribution in [1.29, 1.82) is 5.41 Å². The number of para-hydroxylation sites is 2. The lowest BCUT2D eigenvalue weighted by atomic mass is 9.73. The number of nitrogens with one attached hydrogen (secondary N) is 1. The van der Waals surface area contributed by atoms with Gasteiger partial charge in [-0.05, 0) is 36.3 Å². The first-order chi connectivity index (χ1) is 10.1. The van der Waals surface area contributed by atoms with Crippen molar-refractivity contribution < 1.29 is 0 Å². The predicted molar refractivity (Wildman–Crippen MR) is 89.7 cm³/mol. The van der Waals surface area contributed by atoms with Crippen molar-refractivity contribution in [2.45, 2.75) is 26.2 Å². The summed E-state index contributed by atoms with van der Waals surface area (Å²) >= 11 is 0. The summed E-state index contributed by atoms with van der Waals surface area (Å²) in [5.41, 5.74) is 4.67. The minimum atomic E-state index is -0.0557. The van der Waals surface area contributed by atoms with Crippen molar-refractivity contribution >= 4 is 17.2 Å². The van der Waals surface area contributed by atoms with Gasteiger partial charge in [-0.1, -0.05) is 56.3 Å². The molecule has 0 saturated heterocycles. The molecule has 1 aliphatic rings. The number of amidine groups is 1. The van der Waals surface area contributed by atoms with Crippen LogP contribution in [0.3, 0.4) is 0 Å². The van der Waals surface area contributed by atoms with E-state index in [4.69, 9.17) is 5.41 Å². The van der Waals surface area contributed by atoms with Gasteiger partial charge >= 0.3 is 0 Å². The van der Waals surface area contributed by atoms with Crippen molar-refractivity contribution in [1.82, 2.24) is 0 Å². The summed E-state index contributed by atoms with van der Waals surface area (Å²) < 4.78 is 0. The molecule has 21 heavy (non-hydrogen) atoms. The fourth-order valence-corrected chi connectivity index (χ4v) is 3.16. The zero-order valence-corrected chi connectivity index (χ0v) is 12.7. The third kappa shape index (κ3) is 1.99. The van der Waals surface area contributed by atoms with Crippen molar-refractivity contribution in [2.24, 2.45) is 0 Å². The van der Waals surface area contributed by atoms with Crippen molar-refractivity contribution in [3.05, 3.63) is 71.8 Å². The average Bonchev–Trinajstić information content (AvgIpc) is 2.48. The lowest BCUT2D eigenvalue weighted by Gasteiger charge is -2.41. The summed E-state index contributed by atoms with van der Waals surface area (Å²) in [5.74, 6) is 0.493. The molecule has 1 heterocycles. The molecule has 1 N–H and O–H groups in total. The molecule has 0 aliphatic carbocycles. The third-order valence-electron chi connectivity index (χ3n) is 4.20. The van der Waals surface area contributed by atoms with Gasteiger partial charge in [0.05, 0.1) is 11.4 Å². The molecule has 0 amide bonds. The Bertz CT molecular complexity index is 676. The summed E-state index contributed by atoms with van der Waals surface area (Å²) in [5, 5.41) is 8.41. The average molecular weight is 276 g/mol. The van der Waals surface area contributed by atoms with Crippen LogP contribution >= 0.6 is 0 Å². The van der Waals surface area contributed by atoms with E-state index in [0.29, 0.717) is 5.84 Å². The minimum Gasteiger partial charge on any atom is -0.295 e. The number of hydrogen-bond acceptors (Lipinski definition) is 1. The zero-order valence-electron chi connectivity index (χ0n) is 12.7. The van der Waals surface area contributed by atoms with Gasteiger partial charge in [0.15, 0.2) is 0 Å². The van der Waals surface area contributed by atoms with Crippen LogP contribution in [0.5, 0.6) is 0 Å². The summed E-state index contributed by atoms with van der Waals surface area (Å²) in [6.45, 7) is 6.45. The first-order valence-corrected chi connectivity index (χ1v) is 7.27. The Labute approximate surface area is 126 Å². The van der Waals surface area contributed by atoms with E-state index < -0.39 is 0 Å². The SMILES string of the molecule is C/C=C\C(=N)N1c2ccccc2C(C)(C)c2ccccc21. The molecule has 0 bridgehead atoms. The molecular weight excluding hydrogens is 256 g/mol. The monoisotopic (exact) mass is 276 g/mol. The van der Waals surface area contributed by atoms with E-state index in [0.717, 1.165) is 11.4 Å². The van der Waals surface area contributed by atoms with E-state index >= 15 is 0 Å². The maximum Gasteiger partial charge on any atom is 0.129 e. The molecule has 0 radical (unpaired) electrons. The van der Waals surface area contributed by atoms with Crippen LogP contribution in [-0.4, -0.2) is 5.84 Å². The van der Waals surface area contributed by atoms with Gasteiger partial charge < -0.3 is 0 Å². The van der Waals surface area contributed by atoms with Crippen LogP contribution in [0.25, 0.3) is 0 Å². The van der Waals surface area contributed by atoms with E-state index in [2.05, 4.69) is 50.2 Å². The Kier molecular flexibility index (Phi) is 3.17. The Hall–Kier alpha value is -2.35. The van der Waals surface area contributed by atoms with Gasteiger partial charge in [0.25, 0.3) is 0 Å². The van der Waals surface area contributed by atoms with Gasteiger partial charge in [-0.2, -0.15) is 0 Å². The fourth-order valence-electron chi connectivity index (χ4n) is 3.16. The van der Waals surface area contributed by atoms with Crippen LogP contribution < -0.4 is 4.90 Å². The number of nitrogens with zero attached hydrogens (tertiary/aromatic N) is 1. The molecule has 0 unspecified atom stereocenters. The standard InChI is InChI=1S/C19H20N2/c1-4-9-18(20)21-16-12-7-5-10-14(16)19(2,3)15-11-6-8-13-17(15)21/h4-13,20H,1-3H3/b9-4-,20-18?. The highest BCUT2D eigenvalue weighted by molar-refractivity contribution is 6.11. The zero-order chi connectivity index (χ0) is 15.0. The van der Waals surface area contributed by atoms with E-state index in [1.807, 2.05) is 36.1 Å². The number of allylic oxidation sites excluding steroid dienone is 1. The fraction of sp³-hybridized carbons (Fsp3) is 0.211. The van der Waals surface area contributed by atoms with Crippen LogP contribution in [-0.2, 0) is 5.41 Å². The van der Waals surface area contributed by atoms with E-state index in [9.17, 15) is 0 Å². The molecule has 3 rings (SSSR count). The van der Waals surface area contributed by atoms with E-state index in [1.165, 1.54) is 11.1 Å². The van der Waals surface area contributed by atoms with Gasteiger partial charge in [0.1, 0.15) is 5.84 Å². The molecule has 1 aliphatic heterocycles. The normalized spacial score (nSPS) is 15.7. The van der Waals surface area contributed by atoms with Crippen LogP contribution in [0.2, 0.25) is 0 Å². The second-order valence-electron chi connectivity index (χ2n) is 5.88. The van der Waals surface area contributed by atoms with Gasteiger partial charge in [0, 0.05) is 5.41 Å². The van der Waals surface area contributed by atoms with Crippen LogP contribution in [0.1, 0.15) is 31.9 Å². The van der Waals surface area contributed by atoms with Crippen molar-refractivity contribution in [3.8, 4) is 0 Å². The number of hydrogen-bond donors (Lipinski definition) is 1. The lowest BCUT2D eigenvalue weighted by molar-refractivity contribution is 0.633. The second kappa shape index (κ2) is 4.88. The molecule has 2 aromatic carbocycles. The maximum atomic E-state index is 8.41. The Morgan fingerprint density at radius 2 is 1.43 bits per heavy atom. The molecule has 0 aromatic heterocycles. The highest BCUT2D eigenvalue weighted by Crippen LogP contribution is 2.48. The quantitative estimate of drug-likeness (QED) is 0.575. The van der Waals surface area contributed by atoms with E-state index in [1.54, 1.807) is 0 Å². The predicted octanol–water partition coefficient (Wildman–Crippen LogP) is 5.02. The molecule has 106 valence electrons. The van der Waals surface area contributed by atoms with Gasteiger partial charge in [0.2, 0.25) is 0 Å². The molecule has 0 spiro atoms. The third-order valence-corrected chi connectivity index (χ3v) is 4.20. The molecular formula is C19H20N2. The Balaban J connectivity index is 2.31. The number of fused-ring (bicyclic) bond motifs is 2. The lowest BCUT2D eigenvalue weighted by Crippen LogP contribution is -2.35. The smallest absolute Gasteiger partial charge is 0.129 e. The number of anilines is 2. The topological polar surface area (TPSA) is 27.1 Å². The molecule has 2 nitrogen and oxygen atoms in total. The number of benzene rings is 2. The number of rotatable bonds is 1. The summed E-state index contributed by atoms with van der Waals surface area (Å²) in [7, 11) is 0. The van der Waals surface area contributed by atoms with Crippen molar-refractivity contribution in [2.75, 3.05) is 4.90 Å². The van der Waals surface area contributed by atoms with Gasteiger partial charge in [-0.15, -0.1) is 0 Å². The molecule has 0 fully saturated rings. The first kappa shape index (κ1) is 13.6.